The zero-order chi connectivity index (χ0) is 12.2. The Morgan fingerprint density at radius 1 is 1.50 bits per heavy atom. The third-order valence-corrected chi connectivity index (χ3v) is 3.46. The molecule has 7 heteroatoms. The van der Waals surface area contributed by atoms with Crippen LogP contribution in [0.2, 0.25) is 0 Å². The first kappa shape index (κ1) is 12.9. The van der Waals surface area contributed by atoms with Gasteiger partial charge < -0.3 is 0 Å². The number of halogens is 2. The number of nitrogens with zero attached hydrogens (tertiary/aromatic N) is 1. The lowest BCUT2D eigenvalue weighted by Crippen LogP contribution is -2.26. The summed E-state index contributed by atoms with van der Waals surface area (Å²) in [5.74, 6) is -0.771. The van der Waals surface area contributed by atoms with Crippen LogP contribution in [0.4, 0.5) is 4.39 Å². The van der Waals surface area contributed by atoms with Gasteiger partial charge in [-0.25, -0.2) is 17.5 Å². The number of alkyl halides is 1. The van der Waals surface area contributed by atoms with E-state index >= 15 is 0 Å². The molecule has 0 spiro atoms. The summed E-state index contributed by atoms with van der Waals surface area (Å²) in [5.41, 5.74) is -0.496. The topological polar surface area (TPSA) is 70.0 Å². The SMILES string of the molecule is N#Cc1c(F)cccc1S(=O)(=O)NCCCl. The van der Waals surface area contributed by atoms with Crippen molar-refractivity contribution in [2.24, 2.45) is 0 Å². The van der Waals surface area contributed by atoms with E-state index in [1.807, 2.05) is 0 Å². The van der Waals surface area contributed by atoms with Crippen molar-refractivity contribution in [1.82, 2.24) is 4.72 Å². The molecular weight excluding hydrogens is 255 g/mol. The molecule has 1 rings (SSSR count). The minimum atomic E-state index is -3.88. The fourth-order valence-corrected chi connectivity index (χ4v) is 2.49. The van der Waals surface area contributed by atoms with Crippen LogP contribution in [0.1, 0.15) is 5.56 Å². The van der Waals surface area contributed by atoms with Crippen LogP contribution in [0.25, 0.3) is 0 Å². The standard InChI is InChI=1S/C9H8ClFN2O2S/c10-4-5-13-16(14,15)9-3-1-2-8(11)7(9)6-12/h1-3,13H,4-5H2. The monoisotopic (exact) mass is 262 g/mol. The molecule has 4 nitrogen and oxygen atoms in total. The molecule has 1 aromatic carbocycles. The molecule has 0 atom stereocenters. The Hall–Kier alpha value is -1.16. The number of benzene rings is 1. The van der Waals surface area contributed by atoms with E-state index in [1.165, 1.54) is 12.1 Å². The van der Waals surface area contributed by atoms with Crippen molar-refractivity contribution in [2.75, 3.05) is 12.4 Å². The number of hydrogen-bond acceptors (Lipinski definition) is 3. The Kier molecular flexibility index (Phi) is 4.24. The van der Waals surface area contributed by atoms with Crippen molar-refractivity contribution >= 4 is 21.6 Å². The molecule has 16 heavy (non-hydrogen) atoms. The fraction of sp³-hybridized carbons (Fsp3) is 0.222. The average Bonchev–Trinajstić information content (AvgIpc) is 2.26. The second-order valence-electron chi connectivity index (χ2n) is 2.81. The Balaban J connectivity index is 3.24. The predicted octanol–water partition coefficient (Wildman–Crippen LogP) is 1.21. The van der Waals surface area contributed by atoms with Crippen LogP contribution in [0.15, 0.2) is 23.1 Å². The molecule has 0 saturated carbocycles. The number of nitriles is 1. The smallest absolute Gasteiger partial charge is 0.210 e. The quantitative estimate of drug-likeness (QED) is 0.830. The molecule has 0 aromatic heterocycles. The first-order valence-corrected chi connectivity index (χ1v) is 6.29. The second-order valence-corrected chi connectivity index (χ2v) is 4.92. The van der Waals surface area contributed by atoms with E-state index in [9.17, 15) is 12.8 Å². The molecule has 0 heterocycles. The van der Waals surface area contributed by atoms with Gasteiger partial charge in [-0.1, -0.05) is 6.07 Å². The van der Waals surface area contributed by atoms with Crippen molar-refractivity contribution in [3.05, 3.63) is 29.6 Å². The summed E-state index contributed by atoms with van der Waals surface area (Å²) >= 11 is 5.33. The highest BCUT2D eigenvalue weighted by Crippen LogP contribution is 2.17. The molecule has 86 valence electrons. The van der Waals surface area contributed by atoms with E-state index < -0.39 is 21.4 Å². The zero-order valence-electron chi connectivity index (χ0n) is 8.07. The third kappa shape index (κ3) is 2.70. The number of hydrogen-bond donors (Lipinski definition) is 1. The number of nitrogens with one attached hydrogen (secondary N) is 1. The molecule has 1 aromatic rings. The number of sulfonamides is 1. The van der Waals surface area contributed by atoms with Crippen LogP contribution in [-0.2, 0) is 10.0 Å². The normalized spacial score (nSPS) is 11.1. The number of rotatable bonds is 4. The fourth-order valence-electron chi connectivity index (χ4n) is 1.09. The minimum absolute atomic E-state index is 0.0191. The lowest BCUT2D eigenvalue weighted by Gasteiger charge is -2.06. The van der Waals surface area contributed by atoms with Gasteiger partial charge >= 0.3 is 0 Å². The summed E-state index contributed by atoms with van der Waals surface area (Å²) in [6.07, 6.45) is 0. The summed E-state index contributed by atoms with van der Waals surface area (Å²) in [5, 5.41) is 8.68. The molecule has 0 radical (unpaired) electrons. The summed E-state index contributed by atoms with van der Waals surface area (Å²) in [6, 6.07) is 4.94. The highest BCUT2D eigenvalue weighted by atomic mass is 35.5. The van der Waals surface area contributed by atoms with Gasteiger partial charge in [-0.2, -0.15) is 5.26 Å². The molecule has 0 saturated heterocycles. The van der Waals surface area contributed by atoms with Crippen LogP contribution in [0, 0.1) is 17.1 Å². The maximum absolute atomic E-state index is 13.2. The van der Waals surface area contributed by atoms with Crippen molar-refractivity contribution in [3.63, 3.8) is 0 Å². The van der Waals surface area contributed by atoms with Crippen LogP contribution in [-0.4, -0.2) is 20.8 Å². The van der Waals surface area contributed by atoms with E-state index in [4.69, 9.17) is 16.9 Å². The van der Waals surface area contributed by atoms with Gasteiger partial charge in [0.05, 0.1) is 0 Å². The summed E-state index contributed by atoms with van der Waals surface area (Å²) in [7, 11) is -3.88. The lowest BCUT2D eigenvalue weighted by molar-refractivity contribution is 0.578. The molecule has 0 unspecified atom stereocenters. The maximum Gasteiger partial charge on any atom is 0.242 e. The van der Waals surface area contributed by atoms with Gasteiger partial charge in [0.2, 0.25) is 10.0 Å². The molecule has 0 aliphatic rings. The average molecular weight is 263 g/mol. The molecule has 1 N–H and O–H groups in total. The van der Waals surface area contributed by atoms with E-state index in [2.05, 4.69) is 4.72 Å². The zero-order valence-corrected chi connectivity index (χ0v) is 9.65. The largest absolute Gasteiger partial charge is 0.242 e. The molecule has 0 fully saturated rings. The summed E-state index contributed by atoms with van der Waals surface area (Å²) in [6.45, 7) is 0.0191. The molecular formula is C9H8ClFN2O2S. The minimum Gasteiger partial charge on any atom is -0.210 e. The maximum atomic E-state index is 13.2. The first-order chi connectivity index (χ1) is 7.53. The van der Waals surface area contributed by atoms with Gasteiger partial charge in [0, 0.05) is 12.4 Å². The van der Waals surface area contributed by atoms with Crippen molar-refractivity contribution in [3.8, 4) is 6.07 Å². The molecule has 0 aliphatic carbocycles. The van der Waals surface area contributed by atoms with Gasteiger partial charge in [-0.05, 0) is 12.1 Å². The van der Waals surface area contributed by atoms with Gasteiger partial charge in [0.25, 0.3) is 0 Å². The van der Waals surface area contributed by atoms with E-state index in [0.29, 0.717) is 0 Å². The highest BCUT2D eigenvalue weighted by Gasteiger charge is 2.20. The Morgan fingerprint density at radius 2 is 2.19 bits per heavy atom. The van der Waals surface area contributed by atoms with Crippen LogP contribution in [0.5, 0.6) is 0 Å². The second kappa shape index (κ2) is 5.25. The van der Waals surface area contributed by atoms with E-state index in [1.54, 1.807) is 0 Å². The van der Waals surface area contributed by atoms with Crippen molar-refractivity contribution in [2.45, 2.75) is 4.90 Å². The first-order valence-electron chi connectivity index (χ1n) is 4.27. The van der Waals surface area contributed by atoms with Gasteiger partial charge in [0.1, 0.15) is 22.3 Å². The van der Waals surface area contributed by atoms with Gasteiger partial charge in [-0.3, -0.25) is 0 Å². The van der Waals surface area contributed by atoms with Crippen LogP contribution in [0.3, 0.4) is 0 Å². The Morgan fingerprint density at radius 3 is 2.75 bits per heavy atom. The van der Waals surface area contributed by atoms with Gasteiger partial charge in [-0.15, -0.1) is 11.6 Å². The molecule has 0 amide bonds. The van der Waals surface area contributed by atoms with Crippen LogP contribution >= 0.6 is 11.6 Å². The van der Waals surface area contributed by atoms with E-state index in [-0.39, 0.29) is 17.3 Å². The molecule has 0 bridgehead atoms. The Labute approximate surface area is 97.7 Å². The lowest BCUT2D eigenvalue weighted by atomic mass is 10.2. The molecule has 0 aliphatic heterocycles. The Bertz CT molecular complexity index is 525. The van der Waals surface area contributed by atoms with Crippen LogP contribution < -0.4 is 4.72 Å². The van der Waals surface area contributed by atoms with E-state index in [0.717, 1.165) is 12.1 Å². The van der Waals surface area contributed by atoms with Gasteiger partial charge in [0.15, 0.2) is 0 Å². The van der Waals surface area contributed by atoms with Crippen molar-refractivity contribution < 1.29 is 12.8 Å². The predicted molar refractivity (Wildman–Crippen MR) is 57.0 cm³/mol. The third-order valence-electron chi connectivity index (χ3n) is 1.76. The van der Waals surface area contributed by atoms with Crippen molar-refractivity contribution in [1.29, 1.82) is 5.26 Å². The highest BCUT2D eigenvalue weighted by molar-refractivity contribution is 7.89. The summed E-state index contributed by atoms with van der Waals surface area (Å²) in [4.78, 5) is -0.375. The summed E-state index contributed by atoms with van der Waals surface area (Å²) < 4.78 is 38.6.